The Balaban J connectivity index is 4.61. The molecule has 2 N–H and O–H groups in total. The molecule has 11 nitrogen and oxygen atoms in total. The van der Waals surface area contributed by atoms with Crippen molar-refractivity contribution in [1.82, 2.24) is 0 Å². The number of hydrogen-bond acceptors (Lipinski definition) is 10. The Kier molecular flexibility index (Phi) is 57.5. The van der Waals surface area contributed by atoms with Crippen LogP contribution in [0, 0.1) is 0 Å². The second-order valence-corrected chi connectivity index (χ2v) is 23.4. The van der Waals surface area contributed by atoms with Gasteiger partial charge >= 0.3 is 25.7 Å². The summed E-state index contributed by atoms with van der Waals surface area (Å²) in [4.78, 5) is 48.7. The number of carbonyl (C=O) groups is 3. The normalized spacial score (nSPS) is 13.4. The van der Waals surface area contributed by atoms with Gasteiger partial charge in [0.1, 0.15) is 12.7 Å². The fourth-order valence-corrected chi connectivity index (χ4v) is 10.2. The molecule has 0 amide bonds. The number of hydrogen-bond donors (Lipinski definition) is 2. The predicted octanol–water partition coefficient (Wildman–Crippen LogP) is 19.4. The first-order chi connectivity index (χ1) is 37.2. The van der Waals surface area contributed by atoms with E-state index in [0.717, 1.165) is 83.5 Å². The molecule has 3 atom stereocenters. The monoisotopic (exact) mass is 1100 g/mol. The lowest BCUT2D eigenvalue weighted by Gasteiger charge is -2.21. The van der Waals surface area contributed by atoms with Gasteiger partial charge in [0, 0.05) is 19.3 Å². The summed E-state index contributed by atoms with van der Waals surface area (Å²) in [6.07, 6.45) is 61.3. The maximum atomic E-state index is 12.9. The molecule has 3 unspecified atom stereocenters. The molecule has 76 heavy (non-hydrogen) atoms. The minimum atomic E-state index is -4.75. The van der Waals surface area contributed by atoms with E-state index < -0.39 is 57.8 Å². The number of carbonyl (C=O) groups excluding carboxylic acids is 3. The highest BCUT2D eigenvalue weighted by molar-refractivity contribution is 7.47. The van der Waals surface area contributed by atoms with E-state index in [0.29, 0.717) is 19.3 Å². The molecule has 0 saturated carbocycles. The summed E-state index contributed by atoms with van der Waals surface area (Å²) in [5.41, 5.74) is 0. The fraction of sp³-hybridized carbons (Fsp3) is 0.891. The number of phosphoric ester groups is 1. The zero-order valence-corrected chi connectivity index (χ0v) is 50.6. The Hall–Kier alpha value is -2.04. The highest BCUT2D eigenvalue weighted by Crippen LogP contribution is 2.43. The lowest BCUT2D eigenvalue weighted by Crippen LogP contribution is -2.30. The summed E-state index contributed by atoms with van der Waals surface area (Å²) in [6, 6.07) is 0. The van der Waals surface area contributed by atoms with Crippen LogP contribution in [0.2, 0.25) is 0 Å². The predicted molar refractivity (Wildman–Crippen MR) is 316 cm³/mol. The highest BCUT2D eigenvalue weighted by atomic mass is 31.2. The molecule has 0 bridgehead atoms. The van der Waals surface area contributed by atoms with Gasteiger partial charge in [-0.3, -0.25) is 23.4 Å². The molecule has 0 aliphatic heterocycles. The molecular weight excluding hydrogens is 976 g/mol. The lowest BCUT2D eigenvalue weighted by atomic mass is 10.0. The van der Waals surface area contributed by atoms with Crippen LogP contribution in [0.1, 0.15) is 329 Å². The van der Waals surface area contributed by atoms with Crippen LogP contribution in [0.25, 0.3) is 0 Å². The zero-order valence-electron chi connectivity index (χ0n) is 49.7. The first kappa shape index (κ1) is 74.0. The van der Waals surface area contributed by atoms with E-state index in [2.05, 4.69) is 45.1 Å². The summed E-state index contributed by atoms with van der Waals surface area (Å²) in [7, 11) is -4.75. The van der Waals surface area contributed by atoms with Crippen LogP contribution < -0.4 is 0 Å². The number of phosphoric acid groups is 1. The van der Waals surface area contributed by atoms with E-state index in [-0.39, 0.29) is 25.9 Å². The van der Waals surface area contributed by atoms with Crippen LogP contribution in [-0.4, -0.2) is 66.5 Å². The maximum absolute atomic E-state index is 12.9. The van der Waals surface area contributed by atoms with Crippen molar-refractivity contribution >= 4 is 25.7 Å². The molecule has 0 aromatic carbocycles. The van der Waals surface area contributed by atoms with Crippen molar-refractivity contribution < 1.29 is 52.2 Å². The van der Waals surface area contributed by atoms with Crippen molar-refractivity contribution in [1.29, 1.82) is 0 Å². The summed E-state index contributed by atoms with van der Waals surface area (Å²) < 4.78 is 39.7. The van der Waals surface area contributed by atoms with Crippen molar-refractivity contribution in [3.63, 3.8) is 0 Å². The van der Waals surface area contributed by atoms with Gasteiger partial charge in [-0.05, 0) is 44.9 Å². The van der Waals surface area contributed by atoms with Crippen LogP contribution in [-0.2, 0) is 42.2 Å². The second kappa shape index (κ2) is 59.1. The molecule has 0 aliphatic rings. The average Bonchev–Trinajstić information content (AvgIpc) is 3.41. The van der Waals surface area contributed by atoms with Gasteiger partial charge in [-0.1, -0.05) is 289 Å². The van der Waals surface area contributed by atoms with Crippen molar-refractivity contribution in [3.05, 3.63) is 24.3 Å². The van der Waals surface area contributed by atoms with Crippen LogP contribution in [0.5, 0.6) is 0 Å². The number of rotatable bonds is 61. The van der Waals surface area contributed by atoms with Gasteiger partial charge in [0.15, 0.2) is 6.10 Å². The van der Waals surface area contributed by atoms with Gasteiger partial charge in [0.05, 0.1) is 19.8 Å². The number of aliphatic hydroxyl groups excluding tert-OH is 1. The highest BCUT2D eigenvalue weighted by Gasteiger charge is 2.28. The van der Waals surface area contributed by atoms with E-state index in [1.165, 1.54) is 186 Å². The molecule has 0 aliphatic carbocycles. The van der Waals surface area contributed by atoms with Gasteiger partial charge in [-0.15, -0.1) is 0 Å². The Morgan fingerprint density at radius 3 is 1.03 bits per heavy atom. The molecule has 448 valence electrons. The molecule has 0 aromatic rings. The van der Waals surface area contributed by atoms with E-state index in [1.807, 2.05) is 0 Å². The van der Waals surface area contributed by atoms with Crippen molar-refractivity contribution in [2.45, 2.75) is 341 Å². The maximum Gasteiger partial charge on any atom is 0.472 e. The summed E-state index contributed by atoms with van der Waals surface area (Å²) >= 11 is 0. The van der Waals surface area contributed by atoms with E-state index in [1.54, 1.807) is 0 Å². The van der Waals surface area contributed by atoms with Gasteiger partial charge in [0.25, 0.3) is 0 Å². The third-order valence-electron chi connectivity index (χ3n) is 14.4. The Morgan fingerprint density at radius 1 is 0.368 bits per heavy atom. The Bertz CT molecular complexity index is 1370. The van der Waals surface area contributed by atoms with Crippen LogP contribution in [0.3, 0.4) is 0 Å². The Morgan fingerprint density at radius 2 is 0.671 bits per heavy atom. The first-order valence-corrected chi connectivity index (χ1v) is 33.7. The lowest BCUT2D eigenvalue weighted by molar-refractivity contribution is -0.161. The molecule has 0 radical (unpaired) electrons. The molecule has 0 saturated heterocycles. The van der Waals surface area contributed by atoms with E-state index in [9.17, 15) is 28.9 Å². The SMILES string of the molecule is CCC/C=C\C/C=C\CCCCCCCC(=O)OCC(COP(=O)(O)OCC(CO)OC(=O)CCCCCCCCCCCCCCCCCCC)OC(=O)CCCCCCCCCCCCCCCCCCCCC. The fourth-order valence-electron chi connectivity index (χ4n) is 9.46. The number of ether oxygens (including phenoxy) is 3. The quantitative estimate of drug-likeness (QED) is 0.0197. The molecule has 0 rings (SSSR count). The van der Waals surface area contributed by atoms with Crippen LogP contribution >= 0.6 is 7.82 Å². The van der Waals surface area contributed by atoms with Gasteiger partial charge < -0.3 is 24.2 Å². The molecule has 0 fully saturated rings. The van der Waals surface area contributed by atoms with Crippen LogP contribution in [0.4, 0.5) is 0 Å². The number of unbranched alkanes of at least 4 members (excludes halogenated alkanes) is 40. The van der Waals surface area contributed by atoms with E-state index >= 15 is 0 Å². The zero-order chi connectivity index (χ0) is 55.5. The summed E-state index contributed by atoms with van der Waals surface area (Å²) in [5.74, 6) is -1.45. The largest absolute Gasteiger partial charge is 0.472 e. The molecule has 12 heteroatoms. The Labute approximate surface area is 468 Å². The number of aliphatic hydroxyl groups is 1. The van der Waals surface area contributed by atoms with Gasteiger partial charge in [-0.25, -0.2) is 4.57 Å². The summed E-state index contributed by atoms with van der Waals surface area (Å²) in [6.45, 7) is 4.65. The third kappa shape index (κ3) is 56.7. The number of esters is 3. The summed E-state index contributed by atoms with van der Waals surface area (Å²) in [5, 5.41) is 9.85. The van der Waals surface area contributed by atoms with Crippen molar-refractivity contribution in [2.24, 2.45) is 0 Å². The van der Waals surface area contributed by atoms with E-state index in [4.69, 9.17) is 23.3 Å². The first-order valence-electron chi connectivity index (χ1n) is 32.2. The average molecular weight is 1100 g/mol. The van der Waals surface area contributed by atoms with Crippen LogP contribution in [0.15, 0.2) is 24.3 Å². The molecular formula is C64H121O11P. The van der Waals surface area contributed by atoms with Crippen molar-refractivity contribution in [3.8, 4) is 0 Å². The smallest absolute Gasteiger partial charge is 0.462 e. The molecule has 0 spiro atoms. The second-order valence-electron chi connectivity index (χ2n) is 21.9. The van der Waals surface area contributed by atoms with Gasteiger partial charge in [0.2, 0.25) is 0 Å². The minimum Gasteiger partial charge on any atom is -0.462 e. The molecule has 0 aromatic heterocycles. The molecule has 0 heterocycles. The van der Waals surface area contributed by atoms with Gasteiger partial charge in [-0.2, -0.15) is 0 Å². The van der Waals surface area contributed by atoms with Crippen molar-refractivity contribution in [2.75, 3.05) is 26.4 Å². The third-order valence-corrected chi connectivity index (χ3v) is 15.3. The minimum absolute atomic E-state index is 0.172. The topological polar surface area (TPSA) is 155 Å². The number of allylic oxidation sites excluding steroid dienone is 4. The standard InChI is InChI=1S/C64H121O11P/c1-4-7-10-13-16-19-22-25-27-29-30-32-34-37-40-43-46-49-52-55-64(68)75-61(57-71-62(66)53-50-47-44-41-38-35-24-21-18-15-12-9-6-3)59-73-76(69,70)72-58-60(56-65)74-63(67)54-51-48-45-42-39-36-33-31-28-26-23-20-17-14-11-8-5-2/h12,15,21,24,60-61,65H,4-11,13-14,16-20,22-23,25-59H2,1-3H3,(H,69,70)/b15-12-,24-21-.